The third kappa shape index (κ3) is 4.03. The van der Waals surface area contributed by atoms with Gasteiger partial charge in [-0.05, 0) is 73.5 Å². The van der Waals surface area contributed by atoms with E-state index in [0.29, 0.717) is 5.02 Å². The minimum Gasteiger partial charge on any atom is -0.232 e. The maximum Gasteiger partial charge on any atom is 0.238 e. The molecule has 0 aliphatic rings. The second-order valence-electron chi connectivity index (χ2n) is 7.17. The number of aromatic nitrogens is 2. The maximum atomic E-state index is 11.6. The van der Waals surface area contributed by atoms with E-state index in [1.807, 2.05) is 30.3 Å². The molecule has 5 nitrogen and oxygen atoms in total. The molecule has 0 bridgehead atoms. The van der Waals surface area contributed by atoms with Gasteiger partial charge in [0, 0.05) is 16.1 Å². The number of sulfonamides is 1. The van der Waals surface area contributed by atoms with E-state index in [1.165, 1.54) is 23.3 Å². The summed E-state index contributed by atoms with van der Waals surface area (Å²) in [6, 6.07) is 22.1. The Morgan fingerprint density at radius 2 is 1.47 bits per heavy atom. The van der Waals surface area contributed by atoms with Crippen LogP contribution in [0.1, 0.15) is 11.1 Å². The monoisotopic (exact) mass is 437 g/mol. The second-order valence-corrected chi connectivity index (χ2v) is 9.17. The van der Waals surface area contributed by atoms with E-state index in [2.05, 4.69) is 32.0 Å². The van der Waals surface area contributed by atoms with Crippen molar-refractivity contribution in [2.75, 3.05) is 0 Å². The standard InChI is InChI=1S/C23H20ClN3O2S/c1-15-3-4-18(13-16(15)2)23-14-22(17-5-7-19(24)8-6-17)26-27(23)20-9-11-21(12-10-20)30(25,28)29/h3-14H,1-2H3,(H2,25,28,29). The van der Waals surface area contributed by atoms with Gasteiger partial charge in [-0.1, -0.05) is 35.9 Å². The van der Waals surface area contributed by atoms with Crippen molar-refractivity contribution in [2.24, 2.45) is 5.14 Å². The van der Waals surface area contributed by atoms with Crippen molar-refractivity contribution >= 4 is 21.6 Å². The fraction of sp³-hybridized carbons (Fsp3) is 0.0870. The normalized spacial score (nSPS) is 11.6. The zero-order chi connectivity index (χ0) is 21.5. The molecule has 152 valence electrons. The Morgan fingerprint density at radius 1 is 0.833 bits per heavy atom. The first-order valence-electron chi connectivity index (χ1n) is 9.29. The van der Waals surface area contributed by atoms with Crippen molar-refractivity contribution in [2.45, 2.75) is 18.7 Å². The Balaban J connectivity index is 1.89. The van der Waals surface area contributed by atoms with Crippen LogP contribution in [0.4, 0.5) is 0 Å². The summed E-state index contributed by atoms with van der Waals surface area (Å²) in [6.45, 7) is 4.14. The van der Waals surface area contributed by atoms with Gasteiger partial charge < -0.3 is 0 Å². The van der Waals surface area contributed by atoms with E-state index in [0.717, 1.165) is 28.2 Å². The fourth-order valence-electron chi connectivity index (χ4n) is 3.22. The molecule has 0 fully saturated rings. The number of halogens is 1. The van der Waals surface area contributed by atoms with Crippen LogP contribution in [0.25, 0.3) is 28.2 Å². The van der Waals surface area contributed by atoms with Gasteiger partial charge in [-0.25, -0.2) is 18.2 Å². The maximum absolute atomic E-state index is 11.6. The number of rotatable bonds is 4. The lowest BCUT2D eigenvalue weighted by atomic mass is 10.0. The average molecular weight is 438 g/mol. The van der Waals surface area contributed by atoms with Gasteiger partial charge in [0.1, 0.15) is 0 Å². The number of nitrogens with zero attached hydrogens (tertiary/aromatic N) is 2. The predicted molar refractivity (Wildman–Crippen MR) is 120 cm³/mol. The zero-order valence-electron chi connectivity index (χ0n) is 16.5. The number of benzene rings is 3. The number of aryl methyl sites for hydroxylation is 2. The van der Waals surface area contributed by atoms with Crippen LogP contribution in [0.15, 0.2) is 77.7 Å². The molecule has 1 heterocycles. The van der Waals surface area contributed by atoms with Crippen LogP contribution >= 0.6 is 11.6 Å². The molecule has 4 aromatic rings. The highest BCUT2D eigenvalue weighted by Gasteiger charge is 2.15. The Labute approximate surface area is 180 Å². The molecule has 0 unspecified atom stereocenters. The van der Waals surface area contributed by atoms with Crippen LogP contribution in [0.2, 0.25) is 5.02 Å². The molecule has 0 saturated carbocycles. The molecular formula is C23H20ClN3O2S. The smallest absolute Gasteiger partial charge is 0.232 e. The lowest BCUT2D eigenvalue weighted by Gasteiger charge is -2.10. The lowest BCUT2D eigenvalue weighted by Crippen LogP contribution is -2.12. The molecule has 0 spiro atoms. The Morgan fingerprint density at radius 3 is 2.07 bits per heavy atom. The van der Waals surface area contributed by atoms with E-state index in [4.69, 9.17) is 21.8 Å². The summed E-state index contributed by atoms with van der Waals surface area (Å²) in [4.78, 5) is 0.0593. The van der Waals surface area contributed by atoms with E-state index in [9.17, 15) is 8.42 Å². The quantitative estimate of drug-likeness (QED) is 0.481. The van der Waals surface area contributed by atoms with Crippen LogP contribution < -0.4 is 5.14 Å². The van der Waals surface area contributed by atoms with E-state index < -0.39 is 10.0 Å². The minimum atomic E-state index is -3.76. The third-order valence-corrected chi connectivity index (χ3v) is 6.24. The molecule has 4 rings (SSSR count). The SMILES string of the molecule is Cc1ccc(-c2cc(-c3ccc(Cl)cc3)nn2-c2ccc(S(N)(=O)=O)cc2)cc1C. The van der Waals surface area contributed by atoms with Gasteiger partial charge in [0.25, 0.3) is 0 Å². The van der Waals surface area contributed by atoms with Crippen molar-refractivity contribution in [3.05, 3.63) is 88.9 Å². The van der Waals surface area contributed by atoms with Crippen LogP contribution in [0.3, 0.4) is 0 Å². The van der Waals surface area contributed by atoms with Crippen molar-refractivity contribution in [1.29, 1.82) is 0 Å². The molecule has 1 aromatic heterocycles. The summed E-state index contributed by atoms with van der Waals surface area (Å²) >= 11 is 6.03. The molecule has 7 heteroatoms. The lowest BCUT2D eigenvalue weighted by molar-refractivity contribution is 0.598. The van der Waals surface area contributed by atoms with E-state index in [-0.39, 0.29) is 4.90 Å². The summed E-state index contributed by atoms with van der Waals surface area (Å²) in [5, 5.41) is 10.7. The van der Waals surface area contributed by atoms with E-state index in [1.54, 1.807) is 16.8 Å². The summed E-state index contributed by atoms with van der Waals surface area (Å²) < 4.78 is 25.0. The van der Waals surface area contributed by atoms with Crippen molar-refractivity contribution in [3.8, 4) is 28.2 Å². The summed E-state index contributed by atoms with van der Waals surface area (Å²) in [7, 11) is -3.76. The van der Waals surface area contributed by atoms with Gasteiger partial charge in [0.15, 0.2) is 0 Å². The van der Waals surface area contributed by atoms with Gasteiger partial charge in [-0.3, -0.25) is 0 Å². The van der Waals surface area contributed by atoms with Crippen LogP contribution in [-0.4, -0.2) is 18.2 Å². The first-order valence-corrected chi connectivity index (χ1v) is 11.2. The molecule has 30 heavy (non-hydrogen) atoms. The molecule has 0 aliphatic heterocycles. The largest absolute Gasteiger partial charge is 0.238 e. The fourth-order valence-corrected chi connectivity index (χ4v) is 3.86. The Kier molecular flexibility index (Phi) is 5.24. The first-order chi connectivity index (χ1) is 14.2. The number of hydrogen-bond acceptors (Lipinski definition) is 3. The molecule has 0 radical (unpaired) electrons. The number of nitrogens with two attached hydrogens (primary N) is 1. The van der Waals surface area contributed by atoms with Gasteiger partial charge in [-0.15, -0.1) is 0 Å². The molecular weight excluding hydrogens is 418 g/mol. The minimum absolute atomic E-state index is 0.0593. The van der Waals surface area contributed by atoms with Crippen molar-refractivity contribution in [3.63, 3.8) is 0 Å². The molecule has 0 aliphatic carbocycles. The molecule has 2 N–H and O–H groups in total. The zero-order valence-corrected chi connectivity index (χ0v) is 18.1. The topological polar surface area (TPSA) is 78.0 Å². The molecule has 3 aromatic carbocycles. The van der Waals surface area contributed by atoms with Crippen LogP contribution in [-0.2, 0) is 10.0 Å². The summed E-state index contributed by atoms with van der Waals surface area (Å²) in [5.74, 6) is 0. The van der Waals surface area contributed by atoms with Crippen molar-refractivity contribution in [1.82, 2.24) is 9.78 Å². The highest BCUT2D eigenvalue weighted by molar-refractivity contribution is 7.89. The van der Waals surface area contributed by atoms with Gasteiger partial charge >= 0.3 is 0 Å². The van der Waals surface area contributed by atoms with Gasteiger partial charge in [0.2, 0.25) is 10.0 Å². The summed E-state index contributed by atoms with van der Waals surface area (Å²) in [6.07, 6.45) is 0. The van der Waals surface area contributed by atoms with Crippen LogP contribution in [0, 0.1) is 13.8 Å². The van der Waals surface area contributed by atoms with Crippen LogP contribution in [0.5, 0.6) is 0 Å². The Bertz CT molecular complexity index is 1330. The molecule has 0 atom stereocenters. The second kappa shape index (κ2) is 7.72. The summed E-state index contributed by atoms with van der Waals surface area (Å²) in [5.41, 5.74) is 6.75. The number of primary sulfonamides is 1. The number of hydrogen-bond donors (Lipinski definition) is 1. The molecule has 0 saturated heterocycles. The van der Waals surface area contributed by atoms with Crippen molar-refractivity contribution < 1.29 is 8.42 Å². The third-order valence-electron chi connectivity index (χ3n) is 5.06. The average Bonchev–Trinajstić information content (AvgIpc) is 3.15. The molecule has 0 amide bonds. The predicted octanol–water partition coefficient (Wildman–Crippen LogP) is 5.12. The Hall–Kier alpha value is -2.93. The highest BCUT2D eigenvalue weighted by Crippen LogP contribution is 2.30. The highest BCUT2D eigenvalue weighted by atomic mass is 35.5. The van der Waals surface area contributed by atoms with E-state index >= 15 is 0 Å². The first kappa shape index (κ1) is 20.3. The van der Waals surface area contributed by atoms with Gasteiger partial charge in [0.05, 0.1) is 22.0 Å². The van der Waals surface area contributed by atoms with Gasteiger partial charge in [-0.2, -0.15) is 5.10 Å².